The number of nitro benzene ring substituents is 1. The molecule has 1 heterocycles. The van der Waals surface area contributed by atoms with Gasteiger partial charge in [-0.3, -0.25) is 29.4 Å². The van der Waals surface area contributed by atoms with E-state index in [9.17, 15) is 37.5 Å². The first-order chi connectivity index (χ1) is 15.2. The number of nitro groups is 1. The lowest BCUT2D eigenvalue weighted by Gasteiger charge is -2.21. The average molecular weight is 502 g/mol. The minimum Gasteiger partial charge on any atom is -0.744 e. The van der Waals surface area contributed by atoms with E-state index in [2.05, 4.69) is 0 Å². The van der Waals surface area contributed by atoms with Crippen LogP contribution in [0.2, 0.25) is 0 Å². The van der Waals surface area contributed by atoms with E-state index < -0.39 is 37.3 Å². The smallest absolute Gasteiger partial charge is 0.312 e. The van der Waals surface area contributed by atoms with Gasteiger partial charge in [-0.05, 0) is 25.0 Å². The van der Waals surface area contributed by atoms with E-state index >= 15 is 0 Å². The van der Waals surface area contributed by atoms with Crippen molar-refractivity contribution in [3.63, 3.8) is 0 Å². The number of hydrogen-bond acceptors (Lipinski definition) is 10. The molecule has 0 bridgehead atoms. The lowest BCUT2D eigenvalue weighted by molar-refractivity contribution is -0.385. The number of hydrogen-bond donors (Lipinski definition) is 0. The molecule has 0 radical (unpaired) electrons. The van der Waals surface area contributed by atoms with Crippen LogP contribution in [-0.4, -0.2) is 57.1 Å². The van der Waals surface area contributed by atoms with Gasteiger partial charge in [-0.25, -0.2) is 8.42 Å². The topological polar surface area (TPSA) is 164 Å². The lowest BCUT2D eigenvalue weighted by Crippen LogP contribution is -2.33. The Kier molecular flexibility index (Phi) is 8.60. The van der Waals surface area contributed by atoms with Gasteiger partial charge >= 0.3 is 11.7 Å². The summed E-state index contributed by atoms with van der Waals surface area (Å²) in [5.41, 5.74) is -0.811. The van der Waals surface area contributed by atoms with E-state index in [0.29, 0.717) is 25.3 Å². The molecule has 33 heavy (non-hydrogen) atoms. The zero-order valence-electron chi connectivity index (χ0n) is 18.4. The monoisotopic (exact) mass is 501 g/mol. The highest BCUT2D eigenvalue weighted by molar-refractivity contribution is 8.01. The maximum atomic E-state index is 12.4. The van der Waals surface area contributed by atoms with Gasteiger partial charge in [-0.2, -0.15) is 0 Å². The quantitative estimate of drug-likeness (QED) is 0.0885. The Morgan fingerprint density at radius 1 is 1.24 bits per heavy atom. The second kappa shape index (κ2) is 10.6. The van der Waals surface area contributed by atoms with E-state index in [1.165, 1.54) is 16.7 Å². The maximum absolute atomic E-state index is 12.4. The van der Waals surface area contributed by atoms with Gasteiger partial charge in [-0.1, -0.05) is 27.2 Å². The fourth-order valence-electron chi connectivity index (χ4n) is 3.18. The van der Waals surface area contributed by atoms with E-state index in [4.69, 9.17) is 4.74 Å². The van der Waals surface area contributed by atoms with Crippen LogP contribution < -0.4 is 4.74 Å². The van der Waals surface area contributed by atoms with Crippen LogP contribution in [0.25, 0.3) is 0 Å². The molecule has 2 rings (SSSR count). The molecule has 1 atom stereocenters. The van der Waals surface area contributed by atoms with Crippen molar-refractivity contribution in [3.05, 3.63) is 28.3 Å². The highest BCUT2D eigenvalue weighted by Gasteiger charge is 2.40. The van der Waals surface area contributed by atoms with Crippen molar-refractivity contribution in [3.8, 4) is 5.75 Å². The normalized spacial score (nSPS) is 16.8. The first kappa shape index (κ1) is 26.7. The Balaban J connectivity index is 1.82. The SMILES string of the molecule is CC(C)(C)SC1CC(=O)N(CCCCCC(=O)Oc2ccc(S(=O)(=O)[O-])cc2[N+](=O)[O-])C1=O. The zero-order chi connectivity index (χ0) is 25.0. The Morgan fingerprint density at radius 3 is 2.48 bits per heavy atom. The molecule has 11 nitrogen and oxygen atoms in total. The first-order valence-corrected chi connectivity index (χ1v) is 12.4. The lowest BCUT2D eigenvalue weighted by atomic mass is 10.2. The molecule has 182 valence electrons. The molecule has 1 fully saturated rings. The molecule has 1 aliphatic rings. The van der Waals surface area contributed by atoms with Crippen LogP contribution in [0, 0.1) is 10.1 Å². The van der Waals surface area contributed by atoms with Gasteiger partial charge in [0.05, 0.1) is 15.1 Å². The molecule has 0 saturated carbocycles. The van der Waals surface area contributed by atoms with Crippen LogP contribution in [0.15, 0.2) is 23.1 Å². The maximum Gasteiger partial charge on any atom is 0.312 e. The number of amides is 2. The summed E-state index contributed by atoms with van der Waals surface area (Å²) in [6.45, 7) is 6.19. The number of carbonyl (C=O) groups excluding carboxylic acids is 3. The van der Waals surface area contributed by atoms with Crippen molar-refractivity contribution in [2.45, 2.75) is 67.8 Å². The predicted octanol–water partition coefficient (Wildman–Crippen LogP) is 2.62. The summed E-state index contributed by atoms with van der Waals surface area (Å²) < 4.78 is 37.9. The van der Waals surface area contributed by atoms with Crippen LogP contribution in [0.3, 0.4) is 0 Å². The van der Waals surface area contributed by atoms with E-state index in [-0.39, 0.29) is 41.2 Å². The fourth-order valence-corrected chi connectivity index (χ4v) is 4.98. The molecule has 0 N–H and O–H groups in total. The van der Waals surface area contributed by atoms with Gasteiger partial charge < -0.3 is 9.29 Å². The largest absolute Gasteiger partial charge is 0.744 e. The summed E-state index contributed by atoms with van der Waals surface area (Å²) in [5.74, 6) is -1.65. The summed E-state index contributed by atoms with van der Waals surface area (Å²) in [6.07, 6.45) is 1.46. The van der Waals surface area contributed by atoms with Crippen LogP contribution in [0.5, 0.6) is 5.75 Å². The van der Waals surface area contributed by atoms with Gasteiger partial charge in [0.2, 0.25) is 17.6 Å². The minimum atomic E-state index is -4.90. The zero-order valence-corrected chi connectivity index (χ0v) is 20.1. The van der Waals surface area contributed by atoms with Crippen LogP contribution in [0.1, 0.15) is 52.9 Å². The van der Waals surface area contributed by atoms with Crippen molar-refractivity contribution in [1.82, 2.24) is 4.90 Å². The fraction of sp³-hybridized carbons (Fsp3) is 0.550. The van der Waals surface area contributed by atoms with Crippen molar-refractivity contribution in [1.29, 1.82) is 0 Å². The number of likely N-dealkylation sites (tertiary alicyclic amines) is 1. The summed E-state index contributed by atoms with van der Waals surface area (Å²) >= 11 is 1.46. The van der Waals surface area contributed by atoms with Gasteiger partial charge in [0, 0.05) is 30.2 Å². The molecule has 0 aliphatic carbocycles. The van der Waals surface area contributed by atoms with Crippen molar-refractivity contribution < 1.29 is 37.0 Å². The standard InChI is InChI=1S/C20H26N2O9S2/c1-20(2,3)32-16-12-17(23)21(19(16)25)10-6-4-5-7-18(24)31-15-9-8-13(33(28,29)30)11-14(15)22(26)27/h8-9,11,16H,4-7,10,12H2,1-3H3,(H,28,29,30)/p-1. The van der Waals surface area contributed by atoms with Gasteiger partial charge in [-0.15, -0.1) is 11.8 Å². The van der Waals surface area contributed by atoms with E-state index in [0.717, 1.165) is 12.1 Å². The van der Waals surface area contributed by atoms with Crippen LogP contribution in [-0.2, 0) is 24.5 Å². The molecule has 0 spiro atoms. The number of rotatable bonds is 10. The molecule has 1 aliphatic heterocycles. The summed E-state index contributed by atoms with van der Waals surface area (Å²) in [7, 11) is -4.90. The third-order valence-electron chi connectivity index (χ3n) is 4.60. The number of carbonyl (C=O) groups is 3. The number of thioether (sulfide) groups is 1. The number of unbranched alkanes of at least 4 members (excludes halogenated alkanes) is 2. The van der Waals surface area contributed by atoms with Gasteiger partial charge in [0.1, 0.15) is 10.1 Å². The number of benzene rings is 1. The van der Waals surface area contributed by atoms with E-state index in [1.807, 2.05) is 20.8 Å². The Morgan fingerprint density at radius 2 is 1.91 bits per heavy atom. The van der Waals surface area contributed by atoms with Crippen LogP contribution in [0.4, 0.5) is 5.69 Å². The first-order valence-electron chi connectivity index (χ1n) is 10.2. The second-order valence-electron chi connectivity index (χ2n) is 8.43. The van der Waals surface area contributed by atoms with Crippen molar-refractivity contribution in [2.75, 3.05) is 6.54 Å². The molecule has 1 saturated heterocycles. The third-order valence-corrected chi connectivity index (χ3v) is 6.79. The number of nitrogens with zero attached hydrogens (tertiary/aromatic N) is 2. The summed E-state index contributed by atoms with van der Waals surface area (Å²) in [5, 5.41) is 10.7. The number of imide groups is 1. The molecule has 2 amide bonds. The van der Waals surface area contributed by atoms with E-state index in [1.54, 1.807) is 0 Å². The Bertz CT molecular complexity index is 1050. The molecule has 1 aromatic rings. The van der Waals surface area contributed by atoms with Gasteiger partial charge in [0.25, 0.3) is 0 Å². The molecular formula is C20H25N2O9S2-. The minimum absolute atomic E-state index is 0.0802. The number of ether oxygens (including phenoxy) is 1. The molecular weight excluding hydrogens is 476 g/mol. The summed E-state index contributed by atoms with van der Waals surface area (Å²) in [6, 6.07) is 2.25. The second-order valence-corrected chi connectivity index (χ2v) is 11.8. The van der Waals surface area contributed by atoms with Crippen molar-refractivity contribution in [2.24, 2.45) is 0 Å². The highest BCUT2D eigenvalue weighted by Crippen LogP contribution is 2.34. The van der Waals surface area contributed by atoms with Crippen molar-refractivity contribution >= 4 is 45.4 Å². The molecule has 13 heteroatoms. The van der Waals surface area contributed by atoms with Crippen LogP contribution >= 0.6 is 11.8 Å². The van der Waals surface area contributed by atoms with Gasteiger partial charge in [0.15, 0.2) is 0 Å². The predicted molar refractivity (Wildman–Crippen MR) is 118 cm³/mol. The number of esters is 1. The summed E-state index contributed by atoms with van der Waals surface area (Å²) in [4.78, 5) is 47.2. The Hall–Kier alpha value is -2.51. The molecule has 1 aromatic carbocycles. The Labute approximate surface area is 195 Å². The third kappa shape index (κ3) is 7.79. The average Bonchev–Trinajstić information content (AvgIpc) is 2.92. The highest BCUT2D eigenvalue weighted by atomic mass is 32.2. The molecule has 0 aromatic heterocycles. The molecule has 1 unspecified atom stereocenters.